The van der Waals surface area contributed by atoms with Crippen molar-refractivity contribution in [3.63, 3.8) is 0 Å². The Balaban J connectivity index is 2.20. The number of carbonyl (C=O) groups excluding carboxylic acids is 2. The monoisotopic (exact) mass is 406 g/mol. The van der Waals surface area contributed by atoms with E-state index >= 15 is 0 Å². The standard InChI is InChI=1S/C18H19BrN2O4/c1-21(10-11-4-6-12(7-5-11)17(20)22)18(23)13-8-14(24-2)16(19)15(9-13)25-3/h4-9H,10H2,1-3H3,(H2,20,22). The smallest absolute Gasteiger partial charge is 0.254 e. The molecule has 0 bridgehead atoms. The van der Waals surface area contributed by atoms with Crippen molar-refractivity contribution in [1.82, 2.24) is 4.90 Å². The Morgan fingerprint density at radius 1 is 1.04 bits per heavy atom. The molecular weight excluding hydrogens is 388 g/mol. The van der Waals surface area contributed by atoms with Crippen LogP contribution in [-0.2, 0) is 6.54 Å². The van der Waals surface area contributed by atoms with Gasteiger partial charge in [0.15, 0.2) is 0 Å². The fourth-order valence-electron chi connectivity index (χ4n) is 2.33. The lowest BCUT2D eigenvalue weighted by Crippen LogP contribution is -2.26. The average Bonchev–Trinajstić information content (AvgIpc) is 2.61. The molecule has 2 N–H and O–H groups in total. The van der Waals surface area contributed by atoms with Crippen LogP contribution in [0.3, 0.4) is 0 Å². The second kappa shape index (κ2) is 8.02. The third kappa shape index (κ3) is 4.30. The molecule has 7 heteroatoms. The van der Waals surface area contributed by atoms with Gasteiger partial charge < -0.3 is 20.1 Å². The minimum atomic E-state index is -0.481. The summed E-state index contributed by atoms with van der Waals surface area (Å²) in [5.41, 5.74) is 6.99. The van der Waals surface area contributed by atoms with Gasteiger partial charge in [0.2, 0.25) is 5.91 Å². The normalized spacial score (nSPS) is 10.2. The molecule has 0 radical (unpaired) electrons. The van der Waals surface area contributed by atoms with Crippen LogP contribution in [0, 0.1) is 0 Å². The maximum atomic E-state index is 12.7. The molecule has 0 spiro atoms. The molecule has 25 heavy (non-hydrogen) atoms. The molecule has 0 atom stereocenters. The van der Waals surface area contributed by atoms with Crippen molar-refractivity contribution in [2.75, 3.05) is 21.3 Å². The maximum Gasteiger partial charge on any atom is 0.254 e. The number of hydrogen-bond donors (Lipinski definition) is 1. The van der Waals surface area contributed by atoms with Crippen LogP contribution >= 0.6 is 15.9 Å². The number of nitrogens with zero attached hydrogens (tertiary/aromatic N) is 1. The summed E-state index contributed by atoms with van der Waals surface area (Å²) < 4.78 is 11.2. The third-order valence-corrected chi connectivity index (χ3v) is 4.48. The van der Waals surface area contributed by atoms with E-state index in [-0.39, 0.29) is 5.91 Å². The Bertz CT molecular complexity index is 765. The summed E-state index contributed by atoms with van der Waals surface area (Å²) in [5.74, 6) is 0.372. The lowest BCUT2D eigenvalue weighted by Gasteiger charge is -2.19. The number of carbonyl (C=O) groups is 2. The van der Waals surface area contributed by atoms with Crippen molar-refractivity contribution in [3.8, 4) is 11.5 Å². The van der Waals surface area contributed by atoms with Gasteiger partial charge in [0.25, 0.3) is 5.91 Å². The number of halogens is 1. The highest BCUT2D eigenvalue weighted by atomic mass is 79.9. The van der Waals surface area contributed by atoms with Crippen molar-refractivity contribution in [1.29, 1.82) is 0 Å². The van der Waals surface area contributed by atoms with Crippen LogP contribution in [0.25, 0.3) is 0 Å². The lowest BCUT2D eigenvalue weighted by molar-refractivity contribution is 0.0784. The van der Waals surface area contributed by atoms with E-state index in [2.05, 4.69) is 15.9 Å². The molecule has 2 aromatic carbocycles. The van der Waals surface area contributed by atoms with Gasteiger partial charge in [-0.3, -0.25) is 9.59 Å². The fraction of sp³-hybridized carbons (Fsp3) is 0.222. The van der Waals surface area contributed by atoms with Crippen LogP contribution in [0.1, 0.15) is 26.3 Å². The molecular formula is C18H19BrN2O4. The molecule has 0 aliphatic rings. The Hall–Kier alpha value is -2.54. The third-order valence-electron chi connectivity index (χ3n) is 3.70. The highest BCUT2D eigenvalue weighted by molar-refractivity contribution is 9.10. The lowest BCUT2D eigenvalue weighted by atomic mass is 10.1. The van der Waals surface area contributed by atoms with Gasteiger partial charge in [-0.15, -0.1) is 0 Å². The first-order valence-electron chi connectivity index (χ1n) is 7.43. The first-order chi connectivity index (χ1) is 11.9. The minimum absolute atomic E-state index is 0.178. The Kier molecular flexibility index (Phi) is 6.03. The summed E-state index contributed by atoms with van der Waals surface area (Å²) in [5, 5.41) is 0. The van der Waals surface area contributed by atoms with Crippen molar-refractivity contribution in [3.05, 3.63) is 57.6 Å². The van der Waals surface area contributed by atoms with Crippen molar-refractivity contribution in [2.45, 2.75) is 6.54 Å². The SMILES string of the molecule is COc1cc(C(=O)N(C)Cc2ccc(C(N)=O)cc2)cc(OC)c1Br. The summed E-state index contributed by atoms with van der Waals surface area (Å²) in [7, 11) is 4.75. The second-order valence-corrected chi connectivity index (χ2v) is 6.21. The summed E-state index contributed by atoms with van der Waals surface area (Å²) in [6, 6.07) is 10.1. The summed E-state index contributed by atoms with van der Waals surface area (Å²) in [4.78, 5) is 25.4. The van der Waals surface area contributed by atoms with Gasteiger partial charge in [0.1, 0.15) is 16.0 Å². The number of nitrogens with two attached hydrogens (primary N) is 1. The predicted molar refractivity (Wildman–Crippen MR) is 98.0 cm³/mol. The Morgan fingerprint density at radius 2 is 1.56 bits per heavy atom. The molecule has 132 valence electrons. The molecule has 0 saturated carbocycles. The van der Waals surface area contributed by atoms with Crippen molar-refractivity contribution in [2.24, 2.45) is 5.73 Å². The quantitative estimate of drug-likeness (QED) is 0.799. The van der Waals surface area contributed by atoms with Crippen molar-refractivity contribution < 1.29 is 19.1 Å². The zero-order valence-electron chi connectivity index (χ0n) is 14.2. The van der Waals surface area contributed by atoms with Crippen molar-refractivity contribution >= 4 is 27.7 Å². The van der Waals surface area contributed by atoms with E-state index in [1.165, 1.54) is 14.2 Å². The van der Waals surface area contributed by atoms with Crippen LogP contribution in [0.15, 0.2) is 40.9 Å². The summed E-state index contributed by atoms with van der Waals surface area (Å²) >= 11 is 3.38. The van der Waals surface area contributed by atoms with Gasteiger partial charge in [-0.05, 0) is 45.8 Å². The van der Waals surface area contributed by atoms with E-state index in [0.29, 0.717) is 33.6 Å². The molecule has 2 amide bonds. The van der Waals surface area contributed by atoms with Crippen LogP contribution < -0.4 is 15.2 Å². The molecule has 0 aliphatic heterocycles. The van der Waals surface area contributed by atoms with E-state index in [4.69, 9.17) is 15.2 Å². The molecule has 2 aromatic rings. The zero-order chi connectivity index (χ0) is 18.6. The van der Waals surface area contributed by atoms with Crippen LogP contribution in [0.5, 0.6) is 11.5 Å². The van der Waals surface area contributed by atoms with Crippen LogP contribution in [0.4, 0.5) is 0 Å². The van der Waals surface area contributed by atoms with Gasteiger partial charge >= 0.3 is 0 Å². The zero-order valence-corrected chi connectivity index (χ0v) is 15.8. The highest BCUT2D eigenvalue weighted by Gasteiger charge is 2.18. The maximum absolute atomic E-state index is 12.7. The molecule has 6 nitrogen and oxygen atoms in total. The highest BCUT2D eigenvalue weighted by Crippen LogP contribution is 2.35. The molecule has 0 aromatic heterocycles. The number of methoxy groups -OCH3 is 2. The van der Waals surface area contributed by atoms with E-state index in [0.717, 1.165) is 5.56 Å². The minimum Gasteiger partial charge on any atom is -0.495 e. The fourth-order valence-corrected chi connectivity index (χ4v) is 2.89. The van der Waals surface area contributed by atoms with Crippen LogP contribution in [0.2, 0.25) is 0 Å². The average molecular weight is 407 g/mol. The first-order valence-corrected chi connectivity index (χ1v) is 8.22. The van der Waals surface area contributed by atoms with E-state index in [9.17, 15) is 9.59 Å². The van der Waals surface area contributed by atoms with E-state index in [1.807, 2.05) is 0 Å². The van der Waals surface area contributed by atoms with Gasteiger partial charge in [-0.2, -0.15) is 0 Å². The molecule has 0 aliphatic carbocycles. The second-order valence-electron chi connectivity index (χ2n) is 5.42. The van der Waals surface area contributed by atoms with Gasteiger partial charge in [0, 0.05) is 24.7 Å². The van der Waals surface area contributed by atoms with E-state index < -0.39 is 5.91 Å². The van der Waals surface area contributed by atoms with Crippen LogP contribution in [-0.4, -0.2) is 38.0 Å². The number of benzene rings is 2. The number of hydrogen-bond acceptors (Lipinski definition) is 4. The molecule has 0 heterocycles. The molecule has 0 saturated heterocycles. The van der Waals surface area contributed by atoms with Gasteiger partial charge in [-0.1, -0.05) is 12.1 Å². The van der Waals surface area contributed by atoms with Gasteiger partial charge in [-0.25, -0.2) is 0 Å². The topological polar surface area (TPSA) is 81.9 Å². The summed E-state index contributed by atoms with van der Waals surface area (Å²) in [6.45, 7) is 0.387. The van der Waals surface area contributed by atoms with E-state index in [1.54, 1.807) is 48.3 Å². The summed E-state index contributed by atoms with van der Waals surface area (Å²) in [6.07, 6.45) is 0. The molecule has 2 rings (SSSR count). The largest absolute Gasteiger partial charge is 0.495 e. The number of primary amides is 1. The predicted octanol–water partition coefficient (Wildman–Crippen LogP) is 2.84. The Morgan fingerprint density at radius 3 is 2.00 bits per heavy atom. The molecule has 0 unspecified atom stereocenters. The number of ether oxygens (including phenoxy) is 2. The molecule has 0 fully saturated rings. The Labute approximate surface area is 154 Å². The number of rotatable bonds is 6. The van der Waals surface area contributed by atoms with Gasteiger partial charge in [0.05, 0.1) is 14.2 Å². The number of amides is 2. The first kappa shape index (κ1) is 18.8.